The number of aliphatic hydroxyl groups excluding tert-OH is 1. The molecule has 0 heterocycles. The average Bonchev–Trinajstić information content (AvgIpc) is 2.26. The summed E-state index contributed by atoms with van der Waals surface area (Å²) in [5, 5.41) is 12.5. The van der Waals surface area contributed by atoms with Gasteiger partial charge in [0.2, 0.25) is 0 Å². The molecule has 2 nitrogen and oxygen atoms in total. The van der Waals surface area contributed by atoms with Crippen LogP contribution in [0.2, 0.25) is 0 Å². The van der Waals surface area contributed by atoms with E-state index in [2.05, 4.69) is 41.2 Å². The van der Waals surface area contributed by atoms with Crippen LogP contribution in [-0.4, -0.2) is 17.8 Å². The standard InChI is InChI=1S/C12H18BrNO/c1-3-10(8-15)14-9(2)11-6-4-5-7-12(11)13/h4-7,9-10,14-15H,3,8H2,1-2H3/t9-,10+/m1/s1. The van der Waals surface area contributed by atoms with Gasteiger partial charge in [0.1, 0.15) is 0 Å². The number of rotatable bonds is 5. The van der Waals surface area contributed by atoms with Gasteiger partial charge in [-0.05, 0) is 25.0 Å². The first-order valence-corrected chi connectivity index (χ1v) is 6.09. The van der Waals surface area contributed by atoms with Crippen LogP contribution in [0.15, 0.2) is 28.7 Å². The van der Waals surface area contributed by atoms with Crippen LogP contribution in [0.5, 0.6) is 0 Å². The zero-order valence-electron chi connectivity index (χ0n) is 9.20. The van der Waals surface area contributed by atoms with Gasteiger partial charge in [-0.1, -0.05) is 41.1 Å². The molecule has 0 saturated heterocycles. The number of hydrogen-bond donors (Lipinski definition) is 2. The zero-order chi connectivity index (χ0) is 11.3. The minimum atomic E-state index is 0.173. The first-order valence-electron chi connectivity index (χ1n) is 5.30. The molecule has 0 aliphatic carbocycles. The highest BCUT2D eigenvalue weighted by Gasteiger charge is 2.12. The van der Waals surface area contributed by atoms with E-state index >= 15 is 0 Å². The van der Waals surface area contributed by atoms with Crippen LogP contribution >= 0.6 is 15.9 Å². The minimum absolute atomic E-state index is 0.173. The van der Waals surface area contributed by atoms with Crippen LogP contribution in [0.4, 0.5) is 0 Å². The Morgan fingerprint density at radius 2 is 2.07 bits per heavy atom. The second kappa shape index (κ2) is 6.26. The first kappa shape index (κ1) is 12.7. The summed E-state index contributed by atoms with van der Waals surface area (Å²) in [4.78, 5) is 0. The monoisotopic (exact) mass is 271 g/mol. The van der Waals surface area contributed by atoms with Crippen molar-refractivity contribution >= 4 is 15.9 Å². The van der Waals surface area contributed by atoms with Gasteiger partial charge in [0.25, 0.3) is 0 Å². The van der Waals surface area contributed by atoms with Gasteiger partial charge in [-0.2, -0.15) is 0 Å². The molecule has 1 rings (SSSR count). The second-order valence-electron chi connectivity index (χ2n) is 3.70. The van der Waals surface area contributed by atoms with E-state index < -0.39 is 0 Å². The third kappa shape index (κ3) is 3.59. The van der Waals surface area contributed by atoms with Gasteiger partial charge in [0.05, 0.1) is 6.61 Å². The summed E-state index contributed by atoms with van der Waals surface area (Å²) < 4.78 is 1.11. The Morgan fingerprint density at radius 1 is 1.40 bits per heavy atom. The molecular weight excluding hydrogens is 254 g/mol. The van der Waals surface area contributed by atoms with Crippen LogP contribution in [0, 0.1) is 0 Å². The van der Waals surface area contributed by atoms with Crippen molar-refractivity contribution in [2.75, 3.05) is 6.61 Å². The maximum absolute atomic E-state index is 9.12. The summed E-state index contributed by atoms with van der Waals surface area (Å²) in [6.07, 6.45) is 0.936. The molecule has 0 amide bonds. The summed E-state index contributed by atoms with van der Waals surface area (Å²) in [6, 6.07) is 8.57. The topological polar surface area (TPSA) is 32.3 Å². The Kier molecular flexibility index (Phi) is 5.29. The minimum Gasteiger partial charge on any atom is -0.395 e. The van der Waals surface area contributed by atoms with Crippen molar-refractivity contribution in [2.24, 2.45) is 0 Å². The third-order valence-electron chi connectivity index (χ3n) is 2.57. The number of halogens is 1. The fraction of sp³-hybridized carbons (Fsp3) is 0.500. The van der Waals surface area contributed by atoms with Crippen LogP contribution in [0.1, 0.15) is 31.9 Å². The van der Waals surface area contributed by atoms with Gasteiger partial charge in [0.15, 0.2) is 0 Å². The maximum atomic E-state index is 9.12. The van der Waals surface area contributed by atoms with E-state index in [9.17, 15) is 0 Å². The summed E-state index contributed by atoms with van der Waals surface area (Å²) in [6.45, 7) is 4.37. The molecule has 84 valence electrons. The van der Waals surface area contributed by atoms with E-state index in [1.54, 1.807) is 0 Å². The Bertz CT molecular complexity index is 299. The molecule has 0 unspecified atom stereocenters. The number of hydrogen-bond acceptors (Lipinski definition) is 2. The van der Waals surface area contributed by atoms with E-state index in [0.717, 1.165) is 10.9 Å². The SMILES string of the molecule is CC[C@@H](CO)N[C@H](C)c1ccccc1Br. The Hall–Kier alpha value is -0.380. The van der Waals surface area contributed by atoms with Crippen molar-refractivity contribution in [3.05, 3.63) is 34.3 Å². The Morgan fingerprint density at radius 3 is 2.60 bits per heavy atom. The van der Waals surface area contributed by atoms with Gasteiger partial charge in [0, 0.05) is 16.6 Å². The van der Waals surface area contributed by atoms with E-state index in [1.165, 1.54) is 5.56 Å². The van der Waals surface area contributed by atoms with Crippen LogP contribution in [0.3, 0.4) is 0 Å². The Balaban J connectivity index is 2.68. The van der Waals surface area contributed by atoms with Crippen molar-refractivity contribution in [3.63, 3.8) is 0 Å². The molecule has 15 heavy (non-hydrogen) atoms. The van der Waals surface area contributed by atoms with Crippen LogP contribution < -0.4 is 5.32 Å². The summed E-state index contributed by atoms with van der Waals surface area (Å²) in [7, 11) is 0. The average molecular weight is 272 g/mol. The van der Waals surface area contributed by atoms with Crippen molar-refractivity contribution in [3.8, 4) is 0 Å². The predicted molar refractivity (Wildman–Crippen MR) is 66.9 cm³/mol. The van der Waals surface area contributed by atoms with E-state index in [1.807, 2.05) is 18.2 Å². The van der Waals surface area contributed by atoms with Gasteiger partial charge < -0.3 is 10.4 Å². The molecule has 3 heteroatoms. The fourth-order valence-corrected chi connectivity index (χ4v) is 2.20. The normalized spacial score (nSPS) is 14.9. The van der Waals surface area contributed by atoms with Gasteiger partial charge in [-0.15, -0.1) is 0 Å². The molecule has 0 aromatic heterocycles. The highest BCUT2D eigenvalue weighted by Crippen LogP contribution is 2.23. The van der Waals surface area contributed by atoms with Gasteiger partial charge in [-0.25, -0.2) is 0 Å². The summed E-state index contributed by atoms with van der Waals surface area (Å²) >= 11 is 3.53. The van der Waals surface area contributed by atoms with Crippen molar-refractivity contribution < 1.29 is 5.11 Å². The molecular formula is C12H18BrNO. The van der Waals surface area contributed by atoms with Crippen LogP contribution in [-0.2, 0) is 0 Å². The Labute approximate surface area is 99.8 Å². The molecule has 0 aliphatic rings. The lowest BCUT2D eigenvalue weighted by Gasteiger charge is -2.21. The molecule has 1 aromatic carbocycles. The summed E-state index contributed by atoms with van der Waals surface area (Å²) in [5.74, 6) is 0. The number of nitrogens with one attached hydrogen (secondary N) is 1. The van der Waals surface area contributed by atoms with Gasteiger partial charge in [-0.3, -0.25) is 0 Å². The quantitative estimate of drug-likeness (QED) is 0.863. The van der Waals surface area contributed by atoms with E-state index in [0.29, 0.717) is 0 Å². The molecule has 0 fully saturated rings. The number of aliphatic hydroxyl groups is 1. The lowest BCUT2D eigenvalue weighted by atomic mass is 10.1. The van der Waals surface area contributed by atoms with Crippen molar-refractivity contribution in [1.82, 2.24) is 5.32 Å². The molecule has 2 N–H and O–H groups in total. The third-order valence-corrected chi connectivity index (χ3v) is 3.29. The highest BCUT2D eigenvalue weighted by atomic mass is 79.9. The van der Waals surface area contributed by atoms with E-state index in [4.69, 9.17) is 5.11 Å². The molecule has 0 radical (unpaired) electrons. The fourth-order valence-electron chi connectivity index (χ4n) is 1.57. The molecule has 0 spiro atoms. The molecule has 0 saturated carbocycles. The predicted octanol–water partition coefficient (Wildman–Crippen LogP) is 2.87. The lowest BCUT2D eigenvalue weighted by molar-refractivity contribution is 0.230. The van der Waals surface area contributed by atoms with E-state index in [-0.39, 0.29) is 18.7 Å². The van der Waals surface area contributed by atoms with Crippen LogP contribution in [0.25, 0.3) is 0 Å². The zero-order valence-corrected chi connectivity index (χ0v) is 10.8. The highest BCUT2D eigenvalue weighted by molar-refractivity contribution is 9.10. The lowest BCUT2D eigenvalue weighted by Crippen LogP contribution is -2.34. The molecule has 2 atom stereocenters. The molecule has 1 aromatic rings. The summed E-state index contributed by atoms with van der Waals surface area (Å²) in [5.41, 5.74) is 1.23. The second-order valence-corrected chi connectivity index (χ2v) is 4.55. The smallest absolute Gasteiger partial charge is 0.0584 e. The molecule has 0 aliphatic heterocycles. The number of benzene rings is 1. The largest absolute Gasteiger partial charge is 0.395 e. The van der Waals surface area contributed by atoms with Gasteiger partial charge >= 0.3 is 0 Å². The molecule has 0 bridgehead atoms. The van der Waals surface area contributed by atoms with Crippen molar-refractivity contribution in [2.45, 2.75) is 32.4 Å². The van der Waals surface area contributed by atoms with Crippen molar-refractivity contribution in [1.29, 1.82) is 0 Å². The first-order chi connectivity index (χ1) is 7.19. The maximum Gasteiger partial charge on any atom is 0.0584 e.